The number of amides is 3. The summed E-state index contributed by atoms with van der Waals surface area (Å²) >= 11 is 1.28. The SMILES string of the molecule is Cc1cc(Oc2ccccc2)ncc1N1C(=O)Nc2c(C(=O)N[C@H]3CCC[C@H](N)C3)sc3nccc1c23. The first-order chi connectivity index (χ1) is 18.0. The maximum atomic E-state index is 13.4. The molecule has 1 saturated carbocycles. The molecule has 2 aliphatic rings. The van der Waals surface area contributed by atoms with Gasteiger partial charge in [-0.2, -0.15) is 0 Å². The lowest BCUT2D eigenvalue weighted by Crippen LogP contribution is -2.42. The van der Waals surface area contributed by atoms with E-state index in [0.29, 0.717) is 38.4 Å². The fourth-order valence-electron chi connectivity index (χ4n) is 5.02. The van der Waals surface area contributed by atoms with Crippen molar-refractivity contribution >= 4 is 50.6 Å². The Labute approximate surface area is 217 Å². The van der Waals surface area contributed by atoms with Crippen LogP contribution in [0.25, 0.3) is 10.2 Å². The highest BCUT2D eigenvalue weighted by molar-refractivity contribution is 7.21. The zero-order valence-corrected chi connectivity index (χ0v) is 21.0. The van der Waals surface area contributed by atoms with Gasteiger partial charge in [-0.25, -0.2) is 14.8 Å². The third-order valence-electron chi connectivity index (χ3n) is 6.77. The van der Waals surface area contributed by atoms with Gasteiger partial charge in [0.15, 0.2) is 0 Å². The summed E-state index contributed by atoms with van der Waals surface area (Å²) in [6, 6.07) is 12.7. The van der Waals surface area contributed by atoms with Gasteiger partial charge >= 0.3 is 6.03 Å². The number of hydrogen-bond donors (Lipinski definition) is 3. The van der Waals surface area contributed by atoms with Gasteiger partial charge in [-0.15, -0.1) is 11.3 Å². The number of benzene rings is 1. The van der Waals surface area contributed by atoms with E-state index in [2.05, 4.69) is 20.6 Å². The number of carbonyl (C=O) groups is 2. The van der Waals surface area contributed by atoms with E-state index in [1.165, 1.54) is 11.3 Å². The first kappa shape index (κ1) is 23.4. The Morgan fingerprint density at radius 2 is 2.03 bits per heavy atom. The molecule has 0 saturated heterocycles. The highest BCUT2D eigenvalue weighted by Gasteiger charge is 2.34. The number of thiophene rings is 1. The van der Waals surface area contributed by atoms with Gasteiger partial charge in [-0.1, -0.05) is 18.2 Å². The summed E-state index contributed by atoms with van der Waals surface area (Å²) in [4.78, 5) is 38.3. The normalized spacial score (nSPS) is 19.0. The smallest absolute Gasteiger partial charge is 0.331 e. The van der Waals surface area contributed by atoms with Crippen LogP contribution in [0.15, 0.2) is 54.9 Å². The third kappa shape index (κ3) is 4.38. The predicted octanol–water partition coefficient (Wildman–Crippen LogP) is 5.48. The molecule has 4 N–H and O–H groups in total. The van der Waals surface area contributed by atoms with E-state index in [1.54, 1.807) is 29.4 Å². The number of nitrogens with one attached hydrogen (secondary N) is 2. The summed E-state index contributed by atoms with van der Waals surface area (Å²) in [5.41, 5.74) is 8.68. The number of pyridine rings is 2. The lowest BCUT2D eigenvalue weighted by molar-refractivity contribution is 0.0930. The minimum absolute atomic E-state index is 0.0298. The Bertz CT molecular complexity index is 1510. The highest BCUT2D eigenvalue weighted by Crippen LogP contribution is 2.46. The highest BCUT2D eigenvalue weighted by atomic mass is 32.1. The van der Waals surface area contributed by atoms with E-state index in [4.69, 9.17) is 10.5 Å². The quantitative estimate of drug-likeness (QED) is 0.324. The molecule has 37 heavy (non-hydrogen) atoms. The molecule has 0 spiro atoms. The first-order valence-corrected chi connectivity index (χ1v) is 13.1. The van der Waals surface area contributed by atoms with Gasteiger partial charge in [-0.05, 0) is 56.4 Å². The summed E-state index contributed by atoms with van der Waals surface area (Å²) in [5.74, 6) is 0.900. The minimum atomic E-state index is -0.367. The fraction of sp³-hybridized carbons (Fsp3) is 0.259. The zero-order valence-electron chi connectivity index (χ0n) is 20.2. The van der Waals surface area contributed by atoms with Crippen LogP contribution in [0.2, 0.25) is 0 Å². The summed E-state index contributed by atoms with van der Waals surface area (Å²) in [7, 11) is 0. The Balaban J connectivity index is 1.33. The molecule has 2 atom stereocenters. The predicted molar refractivity (Wildman–Crippen MR) is 144 cm³/mol. The van der Waals surface area contributed by atoms with Crippen LogP contribution in [0.3, 0.4) is 0 Å². The van der Waals surface area contributed by atoms with Gasteiger partial charge in [0, 0.05) is 24.3 Å². The van der Waals surface area contributed by atoms with Gasteiger partial charge < -0.3 is 21.1 Å². The van der Waals surface area contributed by atoms with Crippen molar-refractivity contribution < 1.29 is 14.3 Å². The van der Waals surface area contributed by atoms with Crippen LogP contribution >= 0.6 is 11.3 Å². The van der Waals surface area contributed by atoms with Crippen molar-refractivity contribution in [2.24, 2.45) is 5.73 Å². The van der Waals surface area contributed by atoms with Crippen molar-refractivity contribution in [3.8, 4) is 11.6 Å². The molecule has 0 radical (unpaired) electrons. The molecule has 1 aliphatic carbocycles. The molecule has 6 rings (SSSR count). The number of hydrogen-bond acceptors (Lipinski definition) is 7. The topological polar surface area (TPSA) is 122 Å². The second-order valence-corrected chi connectivity index (χ2v) is 10.4. The molecule has 4 aromatic rings. The molecule has 4 heterocycles. The zero-order chi connectivity index (χ0) is 25.5. The van der Waals surface area contributed by atoms with Crippen molar-refractivity contribution in [1.82, 2.24) is 15.3 Å². The van der Waals surface area contributed by atoms with E-state index in [9.17, 15) is 9.59 Å². The number of nitrogens with zero attached hydrogens (tertiary/aromatic N) is 3. The summed E-state index contributed by atoms with van der Waals surface area (Å²) in [5, 5.41) is 6.79. The number of aryl methyl sites for hydroxylation is 1. The van der Waals surface area contributed by atoms with E-state index >= 15 is 0 Å². The maximum Gasteiger partial charge on any atom is 0.331 e. The van der Waals surface area contributed by atoms with Gasteiger partial charge in [-0.3, -0.25) is 9.69 Å². The molecule has 1 fully saturated rings. The molecular formula is C27H26N6O3S. The molecule has 10 heteroatoms. The van der Waals surface area contributed by atoms with Gasteiger partial charge in [0.1, 0.15) is 15.5 Å². The third-order valence-corrected chi connectivity index (χ3v) is 7.86. The van der Waals surface area contributed by atoms with Crippen LogP contribution in [0.1, 0.15) is 40.9 Å². The molecule has 1 aliphatic heterocycles. The van der Waals surface area contributed by atoms with Crippen LogP contribution in [0, 0.1) is 6.92 Å². The van der Waals surface area contributed by atoms with Crippen molar-refractivity contribution in [3.63, 3.8) is 0 Å². The Morgan fingerprint density at radius 1 is 1.19 bits per heavy atom. The Hall–Kier alpha value is -4.02. The molecule has 0 unspecified atom stereocenters. The number of aromatic nitrogens is 2. The Kier molecular flexibility index (Phi) is 5.97. The van der Waals surface area contributed by atoms with Crippen molar-refractivity contribution in [2.75, 3.05) is 10.2 Å². The molecule has 1 aromatic carbocycles. The summed E-state index contributed by atoms with van der Waals surface area (Å²) in [6.45, 7) is 1.90. The molecule has 3 aromatic heterocycles. The second-order valence-electron chi connectivity index (χ2n) is 9.40. The van der Waals surface area contributed by atoms with E-state index < -0.39 is 0 Å². The van der Waals surface area contributed by atoms with Crippen LogP contribution in [0.4, 0.5) is 21.9 Å². The van der Waals surface area contributed by atoms with Crippen LogP contribution in [0.5, 0.6) is 11.6 Å². The molecule has 0 bridgehead atoms. The molecule has 3 amide bonds. The molecule has 9 nitrogen and oxygen atoms in total. The van der Waals surface area contributed by atoms with Gasteiger partial charge in [0.25, 0.3) is 5.91 Å². The van der Waals surface area contributed by atoms with Gasteiger partial charge in [0.05, 0.1) is 28.6 Å². The number of carbonyl (C=O) groups excluding carboxylic acids is 2. The lowest BCUT2D eigenvalue weighted by Gasteiger charge is -2.29. The number of para-hydroxylation sites is 1. The summed E-state index contributed by atoms with van der Waals surface area (Å²) < 4.78 is 5.85. The number of rotatable bonds is 5. The molecule has 188 valence electrons. The minimum Gasteiger partial charge on any atom is -0.439 e. The lowest BCUT2D eigenvalue weighted by atomic mass is 9.91. The second kappa shape index (κ2) is 9.45. The molecular weight excluding hydrogens is 488 g/mol. The van der Waals surface area contributed by atoms with E-state index in [-0.39, 0.29) is 24.0 Å². The number of anilines is 3. The summed E-state index contributed by atoms with van der Waals surface area (Å²) in [6.07, 6.45) is 6.90. The van der Waals surface area contributed by atoms with E-state index in [0.717, 1.165) is 36.6 Å². The van der Waals surface area contributed by atoms with Crippen molar-refractivity contribution in [2.45, 2.75) is 44.7 Å². The Morgan fingerprint density at radius 3 is 2.81 bits per heavy atom. The van der Waals surface area contributed by atoms with E-state index in [1.807, 2.05) is 37.3 Å². The first-order valence-electron chi connectivity index (χ1n) is 12.3. The van der Waals surface area contributed by atoms with Crippen LogP contribution in [-0.4, -0.2) is 34.0 Å². The number of nitrogens with two attached hydrogens (primary N) is 1. The maximum absolute atomic E-state index is 13.4. The monoisotopic (exact) mass is 514 g/mol. The van der Waals surface area contributed by atoms with Crippen molar-refractivity contribution in [3.05, 3.63) is 65.3 Å². The average molecular weight is 515 g/mol. The average Bonchev–Trinajstić information content (AvgIpc) is 3.25. The van der Waals surface area contributed by atoms with Crippen LogP contribution < -0.4 is 26.0 Å². The standard InChI is InChI=1S/C27H26N6O3S/c1-15-12-21(36-18-8-3-2-4-9-18)30-14-20(15)33-19-10-11-29-26-22(19)23(32-27(33)35)24(37-26)25(34)31-17-7-5-6-16(28)13-17/h2-4,8-12,14,16-17H,5-7,13,28H2,1H3,(H,31,34)(H,32,35)/t16-,17-/m0/s1. The van der Waals surface area contributed by atoms with Crippen LogP contribution in [-0.2, 0) is 0 Å². The number of ether oxygens (including phenoxy) is 1. The largest absolute Gasteiger partial charge is 0.439 e. The van der Waals surface area contributed by atoms with Gasteiger partial charge in [0.2, 0.25) is 5.88 Å². The van der Waals surface area contributed by atoms with Crippen molar-refractivity contribution in [1.29, 1.82) is 0 Å². The fourth-order valence-corrected chi connectivity index (χ4v) is 6.04. The number of urea groups is 1.